The molecular formula is C18H19O6P. The average Bonchev–Trinajstić information content (AvgIpc) is 2.90. The van der Waals surface area contributed by atoms with Crippen LogP contribution in [-0.4, -0.2) is 29.0 Å². The fourth-order valence-corrected chi connectivity index (χ4v) is 3.45. The number of esters is 1. The third kappa shape index (κ3) is 4.35. The molecule has 0 heterocycles. The van der Waals surface area contributed by atoms with E-state index < -0.39 is 13.8 Å². The van der Waals surface area contributed by atoms with Gasteiger partial charge in [0, 0.05) is 12.3 Å². The standard InChI is InChI=1S/C18H19O6P/c19-18(10-5-11-24-25(20,21)22)23-12-17-15-8-3-1-6-13(15)14-7-2-4-9-16(14)17/h1-4,6-9,17H,5,10-12H2,(H2,20,21,22). The van der Waals surface area contributed by atoms with Crippen LogP contribution in [0.2, 0.25) is 0 Å². The fourth-order valence-electron chi connectivity index (χ4n) is 3.09. The van der Waals surface area contributed by atoms with Crippen molar-refractivity contribution >= 4 is 13.8 Å². The van der Waals surface area contributed by atoms with Gasteiger partial charge in [0.1, 0.15) is 6.61 Å². The van der Waals surface area contributed by atoms with E-state index in [0.29, 0.717) is 0 Å². The number of fused-ring (bicyclic) bond motifs is 3. The minimum absolute atomic E-state index is 0.00250. The maximum atomic E-state index is 11.9. The molecular weight excluding hydrogens is 343 g/mol. The van der Waals surface area contributed by atoms with Gasteiger partial charge in [-0.25, -0.2) is 4.57 Å². The van der Waals surface area contributed by atoms with E-state index >= 15 is 0 Å². The van der Waals surface area contributed by atoms with E-state index in [2.05, 4.69) is 16.7 Å². The summed E-state index contributed by atoms with van der Waals surface area (Å²) < 4.78 is 20.3. The van der Waals surface area contributed by atoms with Crippen molar-refractivity contribution < 1.29 is 28.4 Å². The van der Waals surface area contributed by atoms with Gasteiger partial charge >= 0.3 is 13.8 Å². The highest BCUT2D eigenvalue weighted by Crippen LogP contribution is 2.44. The highest BCUT2D eigenvalue weighted by atomic mass is 31.2. The summed E-state index contributed by atoms with van der Waals surface area (Å²) in [4.78, 5) is 29.1. The predicted octanol–water partition coefficient (Wildman–Crippen LogP) is 3.23. The van der Waals surface area contributed by atoms with Gasteiger partial charge in [0.25, 0.3) is 0 Å². The van der Waals surface area contributed by atoms with Crippen LogP contribution < -0.4 is 0 Å². The molecule has 0 saturated heterocycles. The van der Waals surface area contributed by atoms with Crippen LogP contribution in [0, 0.1) is 0 Å². The number of phosphoric ester groups is 1. The summed E-state index contributed by atoms with van der Waals surface area (Å²) >= 11 is 0. The Balaban J connectivity index is 1.58. The number of benzene rings is 2. The van der Waals surface area contributed by atoms with E-state index in [0.717, 1.165) is 22.3 Å². The van der Waals surface area contributed by atoms with Gasteiger partial charge in [-0.1, -0.05) is 48.5 Å². The number of carbonyl (C=O) groups excluding carboxylic acids is 1. The molecule has 0 fully saturated rings. The van der Waals surface area contributed by atoms with Gasteiger partial charge in [0.15, 0.2) is 0 Å². The van der Waals surface area contributed by atoms with Crippen molar-refractivity contribution in [1.29, 1.82) is 0 Å². The maximum absolute atomic E-state index is 11.9. The zero-order valence-corrected chi connectivity index (χ0v) is 14.4. The molecule has 7 heteroatoms. The Morgan fingerprint density at radius 1 is 1.00 bits per heavy atom. The molecule has 1 aliphatic rings. The van der Waals surface area contributed by atoms with Gasteiger partial charge in [-0.15, -0.1) is 0 Å². The number of hydrogen-bond donors (Lipinski definition) is 2. The Kier molecular flexibility index (Phi) is 5.35. The van der Waals surface area contributed by atoms with E-state index in [1.165, 1.54) is 0 Å². The molecule has 0 saturated carbocycles. The Bertz CT molecular complexity index is 767. The second kappa shape index (κ2) is 7.50. The molecule has 0 spiro atoms. The first-order chi connectivity index (χ1) is 12.0. The van der Waals surface area contributed by atoms with Crippen LogP contribution in [0.25, 0.3) is 11.1 Å². The molecule has 0 amide bonds. The molecule has 0 bridgehead atoms. The molecule has 0 unspecified atom stereocenters. The molecule has 2 N–H and O–H groups in total. The molecule has 6 nitrogen and oxygen atoms in total. The average molecular weight is 362 g/mol. The van der Waals surface area contributed by atoms with Gasteiger partial charge in [0.2, 0.25) is 0 Å². The summed E-state index contributed by atoms with van der Waals surface area (Å²) in [5.74, 6) is -0.404. The number of carbonyl (C=O) groups is 1. The molecule has 0 aromatic heterocycles. The Hall–Kier alpha value is -1.98. The first-order valence-corrected chi connectivity index (χ1v) is 9.52. The zero-order valence-electron chi connectivity index (χ0n) is 13.5. The van der Waals surface area contributed by atoms with E-state index in [1.807, 2.05) is 36.4 Å². The molecule has 25 heavy (non-hydrogen) atoms. The maximum Gasteiger partial charge on any atom is 0.469 e. The minimum atomic E-state index is -4.48. The number of phosphoric acid groups is 1. The lowest BCUT2D eigenvalue weighted by molar-refractivity contribution is -0.144. The largest absolute Gasteiger partial charge is 0.469 e. The highest BCUT2D eigenvalue weighted by molar-refractivity contribution is 7.46. The lowest BCUT2D eigenvalue weighted by Crippen LogP contribution is -2.12. The van der Waals surface area contributed by atoms with Crippen LogP contribution >= 0.6 is 7.82 Å². The molecule has 0 atom stereocenters. The summed E-state index contributed by atoms with van der Waals surface area (Å²) in [6.07, 6.45) is 0.248. The van der Waals surface area contributed by atoms with Gasteiger partial charge in [-0.05, 0) is 28.7 Å². The van der Waals surface area contributed by atoms with Crippen LogP contribution in [0.4, 0.5) is 0 Å². The molecule has 1 aliphatic carbocycles. The second-order valence-electron chi connectivity index (χ2n) is 5.84. The second-order valence-corrected chi connectivity index (χ2v) is 7.08. The van der Waals surface area contributed by atoms with Crippen LogP contribution in [-0.2, 0) is 18.6 Å². The molecule has 0 aliphatic heterocycles. The lowest BCUT2D eigenvalue weighted by Gasteiger charge is -2.14. The number of ether oxygens (including phenoxy) is 1. The monoisotopic (exact) mass is 362 g/mol. The Morgan fingerprint density at radius 3 is 2.12 bits per heavy atom. The minimum Gasteiger partial charge on any atom is -0.465 e. The van der Waals surface area contributed by atoms with E-state index in [9.17, 15) is 9.36 Å². The van der Waals surface area contributed by atoms with E-state index in [-0.39, 0.29) is 32.0 Å². The van der Waals surface area contributed by atoms with Gasteiger partial charge in [0.05, 0.1) is 6.61 Å². The van der Waals surface area contributed by atoms with Crippen molar-refractivity contribution in [3.8, 4) is 11.1 Å². The zero-order chi connectivity index (χ0) is 17.9. The van der Waals surface area contributed by atoms with Crippen molar-refractivity contribution in [2.75, 3.05) is 13.2 Å². The normalized spacial score (nSPS) is 13.4. The molecule has 3 rings (SSSR count). The highest BCUT2D eigenvalue weighted by Gasteiger charge is 2.28. The number of hydrogen-bond acceptors (Lipinski definition) is 4. The SMILES string of the molecule is O=C(CCCOP(=O)(O)O)OCC1c2ccccc2-c2ccccc21. The topological polar surface area (TPSA) is 93.1 Å². The summed E-state index contributed by atoms with van der Waals surface area (Å²) in [6.45, 7) is 0.0562. The van der Waals surface area contributed by atoms with Crippen LogP contribution in [0.1, 0.15) is 29.9 Å². The smallest absolute Gasteiger partial charge is 0.465 e. The van der Waals surface area contributed by atoms with E-state index in [1.54, 1.807) is 0 Å². The lowest BCUT2D eigenvalue weighted by atomic mass is 9.98. The quantitative estimate of drug-likeness (QED) is 0.446. The summed E-state index contributed by atoms with van der Waals surface area (Å²) in [7, 11) is -4.48. The van der Waals surface area contributed by atoms with E-state index in [4.69, 9.17) is 14.5 Å². The first kappa shape index (κ1) is 17.8. The van der Waals surface area contributed by atoms with Crippen molar-refractivity contribution in [1.82, 2.24) is 0 Å². The van der Waals surface area contributed by atoms with Crippen molar-refractivity contribution in [3.63, 3.8) is 0 Å². The Labute approximate surface area is 145 Å². The first-order valence-electron chi connectivity index (χ1n) is 7.99. The third-order valence-corrected chi connectivity index (χ3v) is 4.68. The third-order valence-electron chi connectivity index (χ3n) is 4.16. The predicted molar refractivity (Wildman–Crippen MR) is 91.9 cm³/mol. The van der Waals surface area contributed by atoms with Crippen LogP contribution in [0.15, 0.2) is 48.5 Å². The van der Waals surface area contributed by atoms with Gasteiger partial charge < -0.3 is 14.5 Å². The fraction of sp³-hybridized carbons (Fsp3) is 0.278. The van der Waals surface area contributed by atoms with Gasteiger partial charge in [-0.2, -0.15) is 0 Å². The van der Waals surface area contributed by atoms with Crippen molar-refractivity contribution in [2.24, 2.45) is 0 Å². The van der Waals surface area contributed by atoms with Crippen LogP contribution in [0.5, 0.6) is 0 Å². The van der Waals surface area contributed by atoms with Crippen molar-refractivity contribution in [2.45, 2.75) is 18.8 Å². The van der Waals surface area contributed by atoms with Crippen LogP contribution in [0.3, 0.4) is 0 Å². The molecule has 2 aromatic carbocycles. The van der Waals surface area contributed by atoms with Crippen molar-refractivity contribution in [3.05, 3.63) is 59.7 Å². The molecule has 0 radical (unpaired) electrons. The summed E-state index contributed by atoms with van der Waals surface area (Å²) in [6, 6.07) is 16.1. The molecule has 132 valence electrons. The Morgan fingerprint density at radius 2 is 1.56 bits per heavy atom. The number of rotatable bonds is 7. The summed E-state index contributed by atoms with van der Waals surface area (Å²) in [5, 5.41) is 0. The van der Waals surface area contributed by atoms with Gasteiger partial charge in [-0.3, -0.25) is 9.32 Å². The molecule has 2 aromatic rings. The summed E-state index contributed by atoms with van der Waals surface area (Å²) in [5.41, 5.74) is 4.60.